The highest BCUT2D eigenvalue weighted by Crippen LogP contribution is 2.38. The van der Waals surface area contributed by atoms with E-state index in [0.29, 0.717) is 17.1 Å². The van der Waals surface area contributed by atoms with Crippen molar-refractivity contribution in [3.8, 4) is 12.3 Å². The summed E-state index contributed by atoms with van der Waals surface area (Å²) in [5.74, 6) is 0.608. The minimum absolute atomic E-state index is 0.00324. The Morgan fingerprint density at radius 1 is 1.21 bits per heavy atom. The fourth-order valence-electron chi connectivity index (χ4n) is 4.66. The molecule has 0 unspecified atom stereocenters. The number of halogens is 2. The van der Waals surface area contributed by atoms with Gasteiger partial charge in [0.1, 0.15) is 17.9 Å². The van der Waals surface area contributed by atoms with Gasteiger partial charge in [0.25, 0.3) is 5.91 Å². The van der Waals surface area contributed by atoms with Gasteiger partial charge in [-0.2, -0.15) is 0 Å². The van der Waals surface area contributed by atoms with E-state index in [9.17, 15) is 18.8 Å². The van der Waals surface area contributed by atoms with Gasteiger partial charge in [-0.25, -0.2) is 4.39 Å². The van der Waals surface area contributed by atoms with Gasteiger partial charge in [0.15, 0.2) is 0 Å². The second-order valence-electron chi connectivity index (χ2n) is 9.00. The van der Waals surface area contributed by atoms with E-state index >= 15 is 0 Å². The van der Waals surface area contributed by atoms with Crippen molar-refractivity contribution in [2.75, 3.05) is 24.5 Å². The van der Waals surface area contributed by atoms with Gasteiger partial charge in [-0.05, 0) is 42.3 Å². The lowest BCUT2D eigenvalue weighted by molar-refractivity contribution is -0.152. The predicted octanol–water partition coefficient (Wildman–Crippen LogP) is 3.46. The van der Waals surface area contributed by atoms with Crippen molar-refractivity contribution >= 4 is 35.0 Å². The highest BCUT2D eigenvalue weighted by Gasteiger charge is 2.57. The molecule has 2 aliphatic rings. The summed E-state index contributed by atoms with van der Waals surface area (Å²) in [5, 5.41) is 0.561. The summed E-state index contributed by atoms with van der Waals surface area (Å²) in [4.78, 5) is 44.5. The van der Waals surface area contributed by atoms with Crippen LogP contribution in [0.3, 0.4) is 0 Å². The topological polar surface area (TPSA) is 60.9 Å². The summed E-state index contributed by atoms with van der Waals surface area (Å²) in [5.41, 5.74) is -0.157. The Hall–Kier alpha value is -3.37. The number of likely N-dealkylation sites (tertiary alicyclic amines) is 1. The Morgan fingerprint density at radius 3 is 2.53 bits per heavy atom. The Labute approximate surface area is 203 Å². The molecule has 0 aromatic heterocycles. The SMILES string of the molecule is C#Cc1ccc(N2CC(=O)N(Cc3ccc(Cl)cc3)[C@@]3(CCN(C(=O)C(C)C)C3)C2=O)c(F)c1. The Balaban J connectivity index is 1.74. The molecule has 2 aliphatic heterocycles. The second kappa shape index (κ2) is 9.11. The van der Waals surface area contributed by atoms with Gasteiger partial charge in [0, 0.05) is 29.6 Å². The van der Waals surface area contributed by atoms with E-state index in [1.807, 2.05) is 0 Å². The smallest absolute Gasteiger partial charge is 0.255 e. The maximum absolute atomic E-state index is 14.9. The molecule has 6 nitrogen and oxygen atoms in total. The van der Waals surface area contributed by atoms with Crippen LogP contribution < -0.4 is 4.90 Å². The van der Waals surface area contributed by atoms with E-state index in [4.69, 9.17) is 18.0 Å². The number of rotatable bonds is 4. The molecule has 8 heteroatoms. The summed E-state index contributed by atoms with van der Waals surface area (Å²) >= 11 is 6.00. The largest absolute Gasteiger partial charge is 0.339 e. The van der Waals surface area contributed by atoms with E-state index in [2.05, 4.69) is 5.92 Å². The molecule has 0 N–H and O–H groups in total. The molecule has 0 saturated carbocycles. The lowest BCUT2D eigenvalue weighted by atomic mass is 9.89. The molecule has 176 valence electrons. The summed E-state index contributed by atoms with van der Waals surface area (Å²) in [6.07, 6.45) is 5.62. The summed E-state index contributed by atoms with van der Waals surface area (Å²) in [7, 11) is 0. The van der Waals surface area contributed by atoms with Gasteiger partial charge >= 0.3 is 0 Å². The quantitative estimate of drug-likeness (QED) is 0.628. The molecule has 0 aliphatic carbocycles. The van der Waals surface area contributed by atoms with Gasteiger partial charge in [0.2, 0.25) is 11.8 Å². The van der Waals surface area contributed by atoms with E-state index in [1.54, 1.807) is 43.0 Å². The highest BCUT2D eigenvalue weighted by molar-refractivity contribution is 6.30. The van der Waals surface area contributed by atoms with Crippen molar-refractivity contribution in [2.24, 2.45) is 5.92 Å². The minimum atomic E-state index is -1.29. The fourth-order valence-corrected chi connectivity index (χ4v) is 4.79. The number of carbonyl (C=O) groups excluding carboxylic acids is 3. The Kier molecular flexibility index (Phi) is 6.37. The molecule has 2 aromatic rings. The third-order valence-electron chi connectivity index (χ3n) is 6.47. The van der Waals surface area contributed by atoms with Gasteiger partial charge in [-0.15, -0.1) is 6.42 Å². The zero-order valence-corrected chi connectivity index (χ0v) is 19.8. The summed E-state index contributed by atoms with van der Waals surface area (Å²) in [6.45, 7) is 3.85. The van der Waals surface area contributed by atoms with Crippen molar-refractivity contribution < 1.29 is 18.8 Å². The molecular weight excluding hydrogens is 457 g/mol. The van der Waals surface area contributed by atoms with E-state index in [0.717, 1.165) is 5.56 Å². The maximum atomic E-state index is 14.9. The van der Waals surface area contributed by atoms with Crippen molar-refractivity contribution in [3.05, 3.63) is 64.4 Å². The van der Waals surface area contributed by atoms with Crippen molar-refractivity contribution in [1.29, 1.82) is 0 Å². The number of benzene rings is 2. The Bertz CT molecular complexity index is 1190. The van der Waals surface area contributed by atoms with Crippen LogP contribution in [0.2, 0.25) is 5.02 Å². The number of carbonyl (C=O) groups is 3. The lowest BCUT2D eigenvalue weighted by Crippen LogP contribution is -2.69. The monoisotopic (exact) mass is 481 g/mol. The number of hydrogen-bond donors (Lipinski definition) is 0. The van der Waals surface area contributed by atoms with Gasteiger partial charge in [-0.1, -0.05) is 43.5 Å². The van der Waals surface area contributed by atoms with Gasteiger partial charge in [-0.3, -0.25) is 19.3 Å². The molecular formula is C26H25ClFN3O3. The molecule has 1 spiro atoms. The molecule has 2 fully saturated rings. The van der Waals surface area contributed by atoms with Crippen LogP contribution in [0.5, 0.6) is 0 Å². The third kappa shape index (κ3) is 4.14. The first-order valence-corrected chi connectivity index (χ1v) is 11.5. The third-order valence-corrected chi connectivity index (χ3v) is 6.72. The molecule has 4 rings (SSSR count). The van der Waals surface area contributed by atoms with Gasteiger partial charge < -0.3 is 9.80 Å². The molecule has 2 aromatic carbocycles. The van der Waals surface area contributed by atoms with Crippen LogP contribution in [0, 0.1) is 24.1 Å². The first-order valence-electron chi connectivity index (χ1n) is 11.1. The van der Waals surface area contributed by atoms with Crippen LogP contribution in [-0.2, 0) is 20.9 Å². The molecule has 2 saturated heterocycles. The lowest BCUT2D eigenvalue weighted by Gasteiger charge is -2.47. The maximum Gasteiger partial charge on any atom is 0.255 e. The standard InChI is InChI=1S/C26H25ClFN3O3/c1-4-18-7-10-22(21(28)13-18)30-15-23(32)31(14-19-5-8-20(27)9-6-19)26(25(30)34)11-12-29(16-26)24(33)17(2)3/h1,5-10,13,17H,11-12,14-16H2,2-3H3/t26-/m1/s1. The summed E-state index contributed by atoms with van der Waals surface area (Å²) < 4.78 is 14.9. The minimum Gasteiger partial charge on any atom is -0.339 e. The Morgan fingerprint density at radius 2 is 1.91 bits per heavy atom. The average Bonchev–Trinajstić information content (AvgIpc) is 3.26. The predicted molar refractivity (Wildman–Crippen MR) is 127 cm³/mol. The van der Waals surface area contributed by atoms with Crippen LogP contribution in [-0.4, -0.2) is 52.7 Å². The van der Waals surface area contributed by atoms with Crippen molar-refractivity contribution in [2.45, 2.75) is 32.4 Å². The number of nitrogens with zero attached hydrogens (tertiary/aromatic N) is 3. The molecule has 2 heterocycles. The van der Waals surface area contributed by atoms with Crippen molar-refractivity contribution in [3.63, 3.8) is 0 Å². The molecule has 1 atom stereocenters. The van der Waals surface area contributed by atoms with Gasteiger partial charge in [0.05, 0.1) is 12.2 Å². The van der Waals surface area contributed by atoms with Crippen LogP contribution in [0.4, 0.5) is 10.1 Å². The zero-order chi connectivity index (χ0) is 24.6. The van der Waals surface area contributed by atoms with Crippen LogP contribution in [0.1, 0.15) is 31.4 Å². The van der Waals surface area contributed by atoms with Crippen LogP contribution >= 0.6 is 11.6 Å². The highest BCUT2D eigenvalue weighted by atomic mass is 35.5. The second-order valence-corrected chi connectivity index (χ2v) is 9.44. The van der Waals surface area contributed by atoms with Crippen LogP contribution in [0.25, 0.3) is 0 Å². The molecule has 34 heavy (non-hydrogen) atoms. The number of hydrogen-bond acceptors (Lipinski definition) is 3. The first-order chi connectivity index (χ1) is 16.2. The normalized spacial score (nSPS) is 20.4. The number of anilines is 1. The molecule has 3 amide bonds. The summed E-state index contributed by atoms with van der Waals surface area (Å²) in [6, 6.07) is 11.2. The number of amides is 3. The van der Waals surface area contributed by atoms with E-state index < -0.39 is 17.3 Å². The number of piperazine rings is 1. The average molecular weight is 482 g/mol. The molecule has 0 radical (unpaired) electrons. The van der Waals surface area contributed by atoms with E-state index in [-0.39, 0.29) is 49.5 Å². The number of terminal acetylenes is 1. The fraction of sp³-hybridized carbons (Fsp3) is 0.346. The van der Waals surface area contributed by atoms with E-state index in [1.165, 1.54) is 28.0 Å². The van der Waals surface area contributed by atoms with Crippen LogP contribution in [0.15, 0.2) is 42.5 Å². The first kappa shape index (κ1) is 23.8. The van der Waals surface area contributed by atoms with Crippen molar-refractivity contribution in [1.82, 2.24) is 9.80 Å². The zero-order valence-electron chi connectivity index (χ0n) is 19.1. The molecule has 0 bridgehead atoms.